The number of hydrogen-bond donors (Lipinski definition) is 1. The highest BCUT2D eigenvalue weighted by molar-refractivity contribution is 5.48. The van der Waals surface area contributed by atoms with Gasteiger partial charge in [0.2, 0.25) is 0 Å². The standard InChI is InChI=1S/C16H23N3O/c1-5-14-15(11-19(4)18-14)17-10-13-8-6-7-9-16(13)20-12(2)3/h6-9,11-12,17H,5,10H2,1-4H3. The Kier molecular flexibility index (Phi) is 4.66. The molecule has 0 saturated carbocycles. The molecule has 1 N–H and O–H groups in total. The lowest BCUT2D eigenvalue weighted by atomic mass is 10.2. The molecule has 20 heavy (non-hydrogen) atoms. The molecule has 0 spiro atoms. The Morgan fingerprint density at radius 3 is 2.75 bits per heavy atom. The van der Waals surface area contributed by atoms with Gasteiger partial charge in [-0.3, -0.25) is 4.68 Å². The number of rotatable bonds is 6. The van der Waals surface area contributed by atoms with Gasteiger partial charge in [-0.1, -0.05) is 25.1 Å². The topological polar surface area (TPSA) is 39.1 Å². The Morgan fingerprint density at radius 1 is 1.30 bits per heavy atom. The van der Waals surface area contributed by atoms with Gasteiger partial charge in [0.25, 0.3) is 0 Å². The predicted molar refractivity (Wildman–Crippen MR) is 82.1 cm³/mol. The molecule has 0 aliphatic heterocycles. The fourth-order valence-electron chi connectivity index (χ4n) is 2.15. The molecule has 0 unspecified atom stereocenters. The lowest BCUT2D eigenvalue weighted by Gasteiger charge is -2.14. The van der Waals surface area contributed by atoms with E-state index in [1.54, 1.807) is 0 Å². The molecule has 2 rings (SSSR count). The van der Waals surface area contributed by atoms with E-state index < -0.39 is 0 Å². The third-order valence-corrected chi connectivity index (χ3v) is 3.04. The summed E-state index contributed by atoms with van der Waals surface area (Å²) in [5.74, 6) is 0.942. The van der Waals surface area contributed by atoms with Crippen molar-refractivity contribution in [1.82, 2.24) is 9.78 Å². The molecule has 0 radical (unpaired) electrons. The Hall–Kier alpha value is -1.97. The van der Waals surface area contributed by atoms with E-state index in [0.717, 1.165) is 35.7 Å². The second kappa shape index (κ2) is 6.46. The smallest absolute Gasteiger partial charge is 0.124 e. The molecule has 1 heterocycles. The van der Waals surface area contributed by atoms with Crippen LogP contribution < -0.4 is 10.1 Å². The van der Waals surface area contributed by atoms with Crippen molar-refractivity contribution in [1.29, 1.82) is 0 Å². The summed E-state index contributed by atoms with van der Waals surface area (Å²) >= 11 is 0. The van der Waals surface area contributed by atoms with E-state index in [1.165, 1.54) is 0 Å². The van der Waals surface area contributed by atoms with Gasteiger partial charge in [0, 0.05) is 25.4 Å². The van der Waals surface area contributed by atoms with E-state index in [4.69, 9.17) is 4.74 Å². The van der Waals surface area contributed by atoms with Gasteiger partial charge in [-0.15, -0.1) is 0 Å². The van der Waals surface area contributed by atoms with Crippen LogP contribution in [0.4, 0.5) is 5.69 Å². The van der Waals surface area contributed by atoms with Crippen molar-refractivity contribution in [2.45, 2.75) is 39.8 Å². The Labute approximate surface area is 120 Å². The van der Waals surface area contributed by atoms with Crippen LogP contribution in [-0.4, -0.2) is 15.9 Å². The van der Waals surface area contributed by atoms with Crippen LogP contribution in [0.1, 0.15) is 32.0 Å². The highest BCUT2D eigenvalue weighted by atomic mass is 16.5. The van der Waals surface area contributed by atoms with Gasteiger partial charge >= 0.3 is 0 Å². The first-order valence-corrected chi connectivity index (χ1v) is 7.11. The first-order chi connectivity index (χ1) is 9.60. The second-order valence-corrected chi connectivity index (χ2v) is 5.14. The zero-order chi connectivity index (χ0) is 14.5. The number of hydrogen-bond acceptors (Lipinski definition) is 3. The number of para-hydroxylation sites is 1. The van der Waals surface area contributed by atoms with Crippen LogP contribution in [0, 0.1) is 0 Å². The highest BCUT2D eigenvalue weighted by Crippen LogP contribution is 2.22. The van der Waals surface area contributed by atoms with E-state index >= 15 is 0 Å². The largest absolute Gasteiger partial charge is 0.491 e. The summed E-state index contributed by atoms with van der Waals surface area (Å²) in [6, 6.07) is 8.14. The van der Waals surface area contributed by atoms with Crippen LogP contribution in [0.3, 0.4) is 0 Å². The molecule has 4 nitrogen and oxygen atoms in total. The molecule has 1 aromatic heterocycles. The molecule has 0 amide bonds. The molecule has 0 fully saturated rings. The molecule has 0 bridgehead atoms. The van der Waals surface area contributed by atoms with E-state index in [2.05, 4.69) is 23.4 Å². The van der Waals surface area contributed by atoms with Gasteiger partial charge in [-0.05, 0) is 26.3 Å². The minimum atomic E-state index is 0.181. The zero-order valence-corrected chi connectivity index (χ0v) is 12.7. The van der Waals surface area contributed by atoms with Crippen LogP contribution in [0.2, 0.25) is 0 Å². The molecular formula is C16H23N3O. The summed E-state index contributed by atoms with van der Waals surface area (Å²) in [5, 5.41) is 7.89. The van der Waals surface area contributed by atoms with E-state index in [9.17, 15) is 0 Å². The van der Waals surface area contributed by atoms with Crippen molar-refractivity contribution >= 4 is 5.69 Å². The first-order valence-electron chi connectivity index (χ1n) is 7.11. The number of benzene rings is 1. The number of nitrogens with one attached hydrogen (secondary N) is 1. The van der Waals surface area contributed by atoms with Gasteiger partial charge in [0.1, 0.15) is 5.75 Å². The van der Waals surface area contributed by atoms with E-state index in [0.29, 0.717) is 0 Å². The summed E-state index contributed by atoms with van der Waals surface area (Å²) in [7, 11) is 1.94. The fraction of sp³-hybridized carbons (Fsp3) is 0.438. The number of aryl methyl sites for hydroxylation is 2. The van der Waals surface area contributed by atoms with Crippen molar-refractivity contribution in [2.24, 2.45) is 7.05 Å². The number of aromatic nitrogens is 2. The lowest BCUT2D eigenvalue weighted by molar-refractivity contribution is 0.240. The number of nitrogens with zero attached hydrogens (tertiary/aromatic N) is 2. The molecule has 0 aliphatic rings. The Morgan fingerprint density at radius 2 is 2.05 bits per heavy atom. The van der Waals surface area contributed by atoms with Gasteiger partial charge in [0.15, 0.2) is 0 Å². The van der Waals surface area contributed by atoms with Crippen molar-refractivity contribution in [3.05, 3.63) is 41.7 Å². The van der Waals surface area contributed by atoms with Crippen molar-refractivity contribution in [3.63, 3.8) is 0 Å². The molecule has 4 heteroatoms. The van der Waals surface area contributed by atoms with Crippen molar-refractivity contribution < 1.29 is 4.74 Å². The van der Waals surface area contributed by atoms with Gasteiger partial charge < -0.3 is 10.1 Å². The molecular weight excluding hydrogens is 250 g/mol. The molecule has 0 atom stereocenters. The Balaban J connectivity index is 2.10. The first kappa shape index (κ1) is 14.4. The second-order valence-electron chi connectivity index (χ2n) is 5.14. The van der Waals surface area contributed by atoms with Gasteiger partial charge in [0.05, 0.1) is 17.5 Å². The monoisotopic (exact) mass is 273 g/mol. The van der Waals surface area contributed by atoms with Gasteiger partial charge in [-0.2, -0.15) is 5.10 Å². The average Bonchev–Trinajstić information content (AvgIpc) is 2.77. The summed E-state index contributed by atoms with van der Waals surface area (Å²) < 4.78 is 7.68. The predicted octanol–water partition coefficient (Wildman–Crippen LogP) is 3.38. The van der Waals surface area contributed by atoms with Crippen LogP contribution in [0.25, 0.3) is 0 Å². The minimum Gasteiger partial charge on any atom is -0.491 e. The molecule has 108 valence electrons. The SMILES string of the molecule is CCc1nn(C)cc1NCc1ccccc1OC(C)C. The average molecular weight is 273 g/mol. The molecule has 1 aromatic carbocycles. The third-order valence-electron chi connectivity index (χ3n) is 3.04. The summed E-state index contributed by atoms with van der Waals surface area (Å²) in [6.45, 7) is 6.94. The normalized spacial score (nSPS) is 10.8. The summed E-state index contributed by atoms with van der Waals surface area (Å²) in [5.41, 5.74) is 3.34. The fourth-order valence-corrected chi connectivity index (χ4v) is 2.15. The van der Waals surface area contributed by atoms with E-state index in [-0.39, 0.29) is 6.10 Å². The summed E-state index contributed by atoms with van der Waals surface area (Å²) in [6.07, 6.45) is 3.12. The maximum absolute atomic E-state index is 5.83. The van der Waals surface area contributed by atoms with Crippen LogP contribution in [0.15, 0.2) is 30.5 Å². The Bertz CT molecular complexity index is 561. The summed E-state index contributed by atoms with van der Waals surface area (Å²) in [4.78, 5) is 0. The van der Waals surface area contributed by atoms with Crippen molar-refractivity contribution in [3.8, 4) is 5.75 Å². The quantitative estimate of drug-likeness (QED) is 0.877. The minimum absolute atomic E-state index is 0.181. The molecule has 0 saturated heterocycles. The van der Waals surface area contributed by atoms with Gasteiger partial charge in [-0.25, -0.2) is 0 Å². The third kappa shape index (κ3) is 3.53. The van der Waals surface area contributed by atoms with Crippen LogP contribution in [0.5, 0.6) is 5.75 Å². The maximum Gasteiger partial charge on any atom is 0.124 e. The van der Waals surface area contributed by atoms with Crippen molar-refractivity contribution in [2.75, 3.05) is 5.32 Å². The lowest BCUT2D eigenvalue weighted by Crippen LogP contribution is -2.09. The number of ether oxygens (including phenoxy) is 1. The highest BCUT2D eigenvalue weighted by Gasteiger charge is 2.08. The number of anilines is 1. The molecule has 0 aliphatic carbocycles. The van der Waals surface area contributed by atoms with Crippen LogP contribution in [-0.2, 0) is 20.0 Å². The maximum atomic E-state index is 5.83. The van der Waals surface area contributed by atoms with Crippen LogP contribution >= 0.6 is 0 Å². The zero-order valence-electron chi connectivity index (χ0n) is 12.7. The van der Waals surface area contributed by atoms with E-state index in [1.807, 2.05) is 50.0 Å². The molecule has 2 aromatic rings.